The van der Waals surface area contributed by atoms with Gasteiger partial charge in [0.2, 0.25) is 0 Å². The first-order valence-corrected chi connectivity index (χ1v) is 6.18. The van der Waals surface area contributed by atoms with Crippen molar-refractivity contribution in [2.24, 2.45) is 17.6 Å². The highest BCUT2D eigenvalue weighted by Gasteiger charge is 2.31. The van der Waals surface area contributed by atoms with Gasteiger partial charge in [-0.05, 0) is 17.4 Å². The molecule has 0 bridgehead atoms. The molecule has 16 heavy (non-hydrogen) atoms. The summed E-state index contributed by atoms with van der Waals surface area (Å²) in [6.45, 7) is 7.77. The van der Waals surface area contributed by atoms with Crippen molar-refractivity contribution in [3.8, 4) is 0 Å². The van der Waals surface area contributed by atoms with Crippen LogP contribution in [0.25, 0.3) is 0 Å². The highest BCUT2D eigenvalue weighted by molar-refractivity contribution is 5.14. The van der Waals surface area contributed by atoms with Gasteiger partial charge in [0, 0.05) is 25.7 Å². The predicted octanol–water partition coefficient (Wildman–Crippen LogP) is 2.10. The minimum absolute atomic E-state index is 0.351. The Kier molecular flexibility index (Phi) is 3.62. The molecule has 0 spiro atoms. The van der Waals surface area contributed by atoms with Crippen LogP contribution < -0.4 is 5.73 Å². The highest BCUT2D eigenvalue weighted by atomic mass is 15.2. The molecular weight excluding hydrogens is 196 g/mol. The second-order valence-corrected chi connectivity index (χ2v) is 5.25. The van der Waals surface area contributed by atoms with Gasteiger partial charge in [0.15, 0.2) is 0 Å². The first-order valence-electron chi connectivity index (χ1n) is 6.18. The van der Waals surface area contributed by atoms with Crippen molar-refractivity contribution < 1.29 is 0 Å². The Balaban J connectivity index is 1.94. The number of nitrogens with two attached hydrogens (primary N) is 1. The van der Waals surface area contributed by atoms with Crippen molar-refractivity contribution in [2.75, 3.05) is 13.1 Å². The van der Waals surface area contributed by atoms with Gasteiger partial charge in [-0.3, -0.25) is 4.90 Å². The summed E-state index contributed by atoms with van der Waals surface area (Å²) in [4.78, 5) is 2.48. The molecule has 2 rings (SSSR count). The molecule has 2 heteroatoms. The van der Waals surface area contributed by atoms with E-state index in [0.29, 0.717) is 17.9 Å². The van der Waals surface area contributed by atoms with Crippen molar-refractivity contribution in [3.05, 3.63) is 35.9 Å². The largest absolute Gasteiger partial charge is 0.326 e. The Morgan fingerprint density at radius 2 is 1.94 bits per heavy atom. The normalized spacial score (nSPS) is 26.5. The van der Waals surface area contributed by atoms with Gasteiger partial charge >= 0.3 is 0 Å². The number of nitrogens with zero attached hydrogens (tertiary/aromatic N) is 1. The molecule has 0 saturated carbocycles. The van der Waals surface area contributed by atoms with E-state index >= 15 is 0 Å². The lowest BCUT2D eigenvalue weighted by Crippen LogP contribution is -2.32. The summed E-state index contributed by atoms with van der Waals surface area (Å²) in [5.41, 5.74) is 7.57. The fraction of sp³-hybridized carbons (Fsp3) is 0.571. The van der Waals surface area contributed by atoms with Gasteiger partial charge in [-0.15, -0.1) is 0 Å². The van der Waals surface area contributed by atoms with Gasteiger partial charge in [0.1, 0.15) is 0 Å². The molecule has 0 amide bonds. The number of rotatable bonds is 3. The molecule has 2 atom stereocenters. The lowest BCUT2D eigenvalue weighted by Gasteiger charge is -2.18. The fourth-order valence-electron chi connectivity index (χ4n) is 2.62. The van der Waals surface area contributed by atoms with Crippen LogP contribution in [0.5, 0.6) is 0 Å². The molecule has 1 aromatic rings. The predicted molar refractivity (Wildman–Crippen MR) is 68.0 cm³/mol. The molecule has 0 radical (unpaired) electrons. The molecule has 1 heterocycles. The van der Waals surface area contributed by atoms with Gasteiger partial charge in [-0.2, -0.15) is 0 Å². The SMILES string of the molecule is CC(C)C1CN(Cc2ccccc2)CC1N. The van der Waals surface area contributed by atoms with Gasteiger partial charge in [0.05, 0.1) is 0 Å². The second-order valence-electron chi connectivity index (χ2n) is 5.25. The van der Waals surface area contributed by atoms with Gasteiger partial charge in [0.25, 0.3) is 0 Å². The maximum atomic E-state index is 6.18. The zero-order valence-corrected chi connectivity index (χ0v) is 10.3. The van der Waals surface area contributed by atoms with Crippen molar-refractivity contribution in [1.29, 1.82) is 0 Å². The molecule has 1 aliphatic rings. The molecule has 2 N–H and O–H groups in total. The Bertz CT molecular complexity index is 321. The third kappa shape index (κ3) is 2.63. The van der Waals surface area contributed by atoms with E-state index in [4.69, 9.17) is 5.73 Å². The summed E-state index contributed by atoms with van der Waals surface area (Å²) in [6, 6.07) is 11.0. The first kappa shape index (κ1) is 11.6. The summed E-state index contributed by atoms with van der Waals surface area (Å²) in [6.07, 6.45) is 0. The minimum atomic E-state index is 0.351. The van der Waals surface area contributed by atoms with Gasteiger partial charge < -0.3 is 5.73 Å². The average Bonchev–Trinajstić information content (AvgIpc) is 2.61. The van der Waals surface area contributed by atoms with E-state index in [1.165, 1.54) is 5.56 Å². The molecule has 1 aliphatic heterocycles. The van der Waals surface area contributed by atoms with E-state index in [0.717, 1.165) is 19.6 Å². The van der Waals surface area contributed by atoms with Crippen molar-refractivity contribution in [1.82, 2.24) is 4.90 Å². The van der Waals surface area contributed by atoms with Gasteiger partial charge in [-0.25, -0.2) is 0 Å². The molecule has 2 unspecified atom stereocenters. The minimum Gasteiger partial charge on any atom is -0.326 e. The molecular formula is C14H22N2. The Morgan fingerprint density at radius 3 is 2.50 bits per heavy atom. The molecule has 2 nitrogen and oxygen atoms in total. The monoisotopic (exact) mass is 218 g/mol. The lowest BCUT2D eigenvalue weighted by molar-refractivity contribution is 0.296. The van der Waals surface area contributed by atoms with Crippen molar-refractivity contribution in [2.45, 2.75) is 26.4 Å². The fourth-order valence-corrected chi connectivity index (χ4v) is 2.62. The zero-order valence-electron chi connectivity index (χ0n) is 10.3. The Hall–Kier alpha value is -0.860. The first-order chi connectivity index (χ1) is 7.66. The average molecular weight is 218 g/mol. The molecule has 1 fully saturated rings. The standard InChI is InChI=1S/C14H22N2/c1-11(2)13-9-16(10-14(13)15)8-12-6-4-3-5-7-12/h3-7,11,13-14H,8-10,15H2,1-2H3. The summed E-state index contributed by atoms with van der Waals surface area (Å²) >= 11 is 0. The van der Waals surface area contributed by atoms with Crippen LogP contribution in [-0.2, 0) is 6.54 Å². The van der Waals surface area contributed by atoms with Crippen molar-refractivity contribution in [3.63, 3.8) is 0 Å². The number of benzene rings is 1. The maximum absolute atomic E-state index is 6.18. The van der Waals surface area contributed by atoms with Crippen LogP contribution in [-0.4, -0.2) is 24.0 Å². The van der Waals surface area contributed by atoms with E-state index in [-0.39, 0.29) is 0 Å². The van der Waals surface area contributed by atoms with Crippen LogP contribution >= 0.6 is 0 Å². The lowest BCUT2D eigenvalue weighted by atomic mass is 9.92. The zero-order chi connectivity index (χ0) is 11.5. The third-order valence-electron chi connectivity index (χ3n) is 3.59. The molecule has 0 aromatic heterocycles. The third-order valence-corrected chi connectivity index (χ3v) is 3.59. The molecule has 88 valence electrons. The topological polar surface area (TPSA) is 29.3 Å². The summed E-state index contributed by atoms with van der Waals surface area (Å²) in [5.74, 6) is 1.35. The second kappa shape index (κ2) is 4.98. The molecule has 1 aromatic carbocycles. The summed E-state index contributed by atoms with van der Waals surface area (Å²) in [5, 5.41) is 0. The van der Waals surface area contributed by atoms with E-state index in [2.05, 4.69) is 49.1 Å². The van der Waals surface area contributed by atoms with E-state index in [9.17, 15) is 0 Å². The molecule has 1 saturated heterocycles. The highest BCUT2D eigenvalue weighted by Crippen LogP contribution is 2.24. The number of likely N-dealkylation sites (tertiary alicyclic amines) is 1. The van der Waals surface area contributed by atoms with Crippen LogP contribution in [0.15, 0.2) is 30.3 Å². The number of hydrogen-bond donors (Lipinski definition) is 1. The number of hydrogen-bond acceptors (Lipinski definition) is 2. The summed E-state index contributed by atoms with van der Waals surface area (Å²) < 4.78 is 0. The smallest absolute Gasteiger partial charge is 0.0234 e. The van der Waals surface area contributed by atoms with Crippen LogP contribution in [0.2, 0.25) is 0 Å². The Labute approximate surface area is 98.4 Å². The van der Waals surface area contributed by atoms with E-state index in [1.807, 2.05) is 0 Å². The summed E-state index contributed by atoms with van der Waals surface area (Å²) in [7, 11) is 0. The van der Waals surface area contributed by atoms with E-state index in [1.54, 1.807) is 0 Å². The quantitative estimate of drug-likeness (QED) is 0.842. The Morgan fingerprint density at radius 1 is 1.25 bits per heavy atom. The van der Waals surface area contributed by atoms with Gasteiger partial charge in [-0.1, -0.05) is 44.2 Å². The van der Waals surface area contributed by atoms with Crippen molar-refractivity contribution >= 4 is 0 Å². The molecule has 0 aliphatic carbocycles. The van der Waals surface area contributed by atoms with Crippen LogP contribution in [0.3, 0.4) is 0 Å². The van der Waals surface area contributed by atoms with Crippen LogP contribution in [0.1, 0.15) is 19.4 Å². The van der Waals surface area contributed by atoms with E-state index < -0.39 is 0 Å². The van der Waals surface area contributed by atoms with Crippen LogP contribution in [0, 0.1) is 11.8 Å². The maximum Gasteiger partial charge on any atom is 0.0234 e. The van der Waals surface area contributed by atoms with Crippen LogP contribution in [0.4, 0.5) is 0 Å².